The van der Waals surface area contributed by atoms with E-state index in [9.17, 15) is 5.11 Å². The second kappa shape index (κ2) is 4.80. The van der Waals surface area contributed by atoms with E-state index in [1.165, 1.54) is 5.56 Å². The Kier molecular flexibility index (Phi) is 3.92. The van der Waals surface area contributed by atoms with Crippen LogP contribution in [-0.4, -0.2) is 10.7 Å². The SMILES string of the molecule is CC(C)[C@H](Cc1ccccc1)C(C)(C)O. The molecular formula is C14H22O. The monoisotopic (exact) mass is 206 g/mol. The molecule has 0 fully saturated rings. The lowest BCUT2D eigenvalue weighted by Crippen LogP contribution is -2.36. The summed E-state index contributed by atoms with van der Waals surface area (Å²) < 4.78 is 0. The van der Waals surface area contributed by atoms with Gasteiger partial charge in [0, 0.05) is 0 Å². The van der Waals surface area contributed by atoms with E-state index in [0.717, 1.165) is 6.42 Å². The van der Waals surface area contributed by atoms with E-state index in [-0.39, 0.29) is 0 Å². The maximum absolute atomic E-state index is 10.1. The smallest absolute Gasteiger partial charge is 0.0625 e. The molecule has 0 unspecified atom stereocenters. The van der Waals surface area contributed by atoms with Crippen LogP contribution in [0.2, 0.25) is 0 Å². The fourth-order valence-corrected chi connectivity index (χ4v) is 2.17. The van der Waals surface area contributed by atoms with Gasteiger partial charge in [-0.1, -0.05) is 44.2 Å². The first-order valence-electron chi connectivity index (χ1n) is 5.67. The zero-order valence-corrected chi connectivity index (χ0v) is 10.2. The quantitative estimate of drug-likeness (QED) is 0.801. The highest BCUT2D eigenvalue weighted by Gasteiger charge is 2.29. The first-order valence-corrected chi connectivity index (χ1v) is 5.67. The summed E-state index contributed by atoms with van der Waals surface area (Å²) in [7, 11) is 0. The van der Waals surface area contributed by atoms with Gasteiger partial charge in [-0.3, -0.25) is 0 Å². The molecule has 1 rings (SSSR count). The Morgan fingerprint density at radius 2 is 1.67 bits per heavy atom. The number of benzene rings is 1. The van der Waals surface area contributed by atoms with Gasteiger partial charge in [0.25, 0.3) is 0 Å². The van der Waals surface area contributed by atoms with E-state index >= 15 is 0 Å². The first kappa shape index (κ1) is 12.3. The van der Waals surface area contributed by atoms with Gasteiger partial charge in [0.2, 0.25) is 0 Å². The predicted molar refractivity (Wildman–Crippen MR) is 64.8 cm³/mol. The molecule has 1 atom stereocenters. The molecule has 0 bridgehead atoms. The molecule has 0 aliphatic carbocycles. The molecule has 0 aliphatic heterocycles. The van der Waals surface area contributed by atoms with Gasteiger partial charge in [0.1, 0.15) is 0 Å². The molecule has 0 heterocycles. The molecule has 0 saturated heterocycles. The Hall–Kier alpha value is -0.820. The first-order chi connectivity index (χ1) is 6.91. The lowest BCUT2D eigenvalue weighted by atomic mass is 9.78. The van der Waals surface area contributed by atoms with Gasteiger partial charge in [0.05, 0.1) is 5.60 Å². The topological polar surface area (TPSA) is 20.2 Å². The minimum atomic E-state index is -0.607. The summed E-state index contributed by atoms with van der Waals surface area (Å²) >= 11 is 0. The van der Waals surface area contributed by atoms with E-state index < -0.39 is 5.60 Å². The van der Waals surface area contributed by atoms with Gasteiger partial charge in [-0.2, -0.15) is 0 Å². The van der Waals surface area contributed by atoms with E-state index in [2.05, 4.69) is 38.1 Å². The second-order valence-corrected chi connectivity index (χ2v) is 5.19. The molecule has 0 aromatic heterocycles. The van der Waals surface area contributed by atoms with Crippen LogP contribution in [-0.2, 0) is 6.42 Å². The summed E-state index contributed by atoms with van der Waals surface area (Å²) in [6, 6.07) is 10.4. The Bertz CT molecular complexity index is 282. The minimum Gasteiger partial charge on any atom is -0.390 e. The highest BCUT2D eigenvalue weighted by Crippen LogP contribution is 2.28. The van der Waals surface area contributed by atoms with Gasteiger partial charge in [-0.25, -0.2) is 0 Å². The lowest BCUT2D eigenvalue weighted by Gasteiger charge is -2.32. The largest absolute Gasteiger partial charge is 0.390 e. The summed E-state index contributed by atoms with van der Waals surface area (Å²) in [5, 5.41) is 10.1. The minimum absolute atomic E-state index is 0.305. The molecule has 84 valence electrons. The van der Waals surface area contributed by atoms with Crippen molar-refractivity contribution in [2.75, 3.05) is 0 Å². The molecule has 1 nitrogen and oxygen atoms in total. The normalized spacial score (nSPS) is 14.3. The zero-order chi connectivity index (χ0) is 11.5. The fraction of sp³-hybridized carbons (Fsp3) is 0.571. The van der Waals surface area contributed by atoms with Crippen LogP contribution in [0, 0.1) is 11.8 Å². The van der Waals surface area contributed by atoms with Crippen molar-refractivity contribution in [1.29, 1.82) is 0 Å². The molecule has 15 heavy (non-hydrogen) atoms. The zero-order valence-electron chi connectivity index (χ0n) is 10.2. The number of aliphatic hydroxyl groups is 1. The van der Waals surface area contributed by atoms with Crippen LogP contribution in [0.3, 0.4) is 0 Å². The van der Waals surface area contributed by atoms with Crippen LogP contribution in [0.25, 0.3) is 0 Å². The molecule has 1 N–H and O–H groups in total. The maximum atomic E-state index is 10.1. The summed E-state index contributed by atoms with van der Waals surface area (Å²) in [6.45, 7) is 8.15. The van der Waals surface area contributed by atoms with Crippen molar-refractivity contribution in [3.05, 3.63) is 35.9 Å². The van der Waals surface area contributed by atoms with Gasteiger partial charge in [-0.15, -0.1) is 0 Å². The highest BCUT2D eigenvalue weighted by molar-refractivity contribution is 5.16. The van der Waals surface area contributed by atoms with Crippen LogP contribution >= 0.6 is 0 Å². The van der Waals surface area contributed by atoms with Crippen LogP contribution in [0.15, 0.2) is 30.3 Å². The summed E-state index contributed by atoms with van der Waals surface area (Å²) in [5.74, 6) is 0.796. The van der Waals surface area contributed by atoms with E-state index in [1.54, 1.807) is 0 Å². The van der Waals surface area contributed by atoms with Gasteiger partial charge >= 0.3 is 0 Å². The van der Waals surface area contributed by atoms with Gasteiger partial charge < -0.3 is 5.11 Å². The van der Waals surface area contributed by atoms with Crippen LogP contribution in [0.4, 0.5) is 0 Å². The van der Waals surface area contributed by atoms with E-state index in [0.29, 0.717) is 11.8 Å². The van der Waals surface area contributed by atoms with Crippen molar-refractivity contribution in [2.45, 2.75) is 39.7 Å². The molecular weight excluding hydrogens is 184 g/mol. The average Bonchev–Trinajstić information content (AvgIpc) is 2.13. The third-order valence-electron chi connectivity index (χ3n) is 3.01. The molecule has 1 heteroatoms. The van der Waals surface area contributed by atoms with Gasteiger partial charge in [0.15, 0.2) is 0 Å². The summed E-state index contributed by atoms with van der Waals surface area (Å²) in [5.41, 5.74) is 0.697. The van der Waals surface area contributed by atoms with Crippen molar-refractivity contribution in [2.24, 2.45) is 11.8 Å². The molecule has 1 aromatic rings. The lowest BCUT2D eigenvalue weighted by molar-refractivity contribution is -0.00341. The van der Waals surface area contributed by atoms with E-state index in [4.69, 9.17) is 0 Å². The van der Waals surface area contributed by atoms with Gasteiger partial charge in [-0.05, 0) is 37.7 Å². The van der Waals surface area contributed by atoms with Crippen LogP contribution in [0.1, 0.15) is 33.3 Å². The fourth-order valence-electron chi connectivity index (χ4n) is 2.17. The summed E-state index contributed by atoms with van der Waals surface area (Å²) in [4.78, 5) is 0. The maximum Gasteiger partial charge on any atom is 0.0625 e. The average molecular weight is 206 g/mol. The molecule has 1 aromatic carbocycles. The van der Waals surface area contributed by atoms with Crippen molar-refractivity contribution in [3.8, 4) is 0 Å². The van der Waals surface area contributed by atoms with Crippen LogP contribution in [0.5, 0.6) is 0 Å². The third kappa shape index (κ3) is 3.67. The number of hydrogen-bond donors (Lipinski definition) is 1. The Balaban J connectivity index is 2.77. The standard InChI is InChI=1S/C14H22O/c1-11(2)13(14(3,4)15)10-12-8-6-5-7-9-12/h5-9,11,13,15H,10H2,1-4H3/t13-/m0/s1. The van der Waals surface area contributed by atoms with Crippen molar-refractivity contribution in [3.63, 3.8) is 0 Å². The number of rotatable bonds is 4. The van der Waals surface area contributed by atoms with Crippen molar-refractivity contribution >= 4 is 0 Å². The Morgan fingerprint density at radius 3 is 2.07 bits per heavy atom. The molecule has 0 spiro atoms. The number of hydrogen-bond acceptors (Lipinski definition) is 1. The Labute approximate surface area is 93.1 Å². The van der Waals surface area contributed by atoms with Crippen molar-refractivity contribution < 1.29 is 5.11 Å². The third-order valence-corrected chi connectivity index (χ3v) is 3.01. The van der Waals surface area contributed by atoms with Crippen molar-refractivity contribution in [1.82, 2.24) is 0 Å². The Morgan fingerprint density at radius 1 is 1.13 bits per heavy atom. The predicted octanol–water partition coefficient (Wildman–Crippen LogP) is 3.27. The molecule has 0 saturated carbocycles. The van der Waals surface area contributed by atoms with Crippen LogP contribution < -0.4 is 0 Å². The van der Waals surface area contributed by atoms with E-state index in [1.807, 2.05) is 19.9 Å². The highest BCUT2D eigenvalue weighted by atomic mass is 16.3. The molecule has 0 aliphatic rings. The summed E-state index contributed by atoms with van der Waals surface area (Å²) in [6.07, 6.45) is 0.946. The molecule has 0 amide bonds. The second-order valence-electron chi connectivity index (χ2n) is 5.19. The molecule has 0 radical (unpaired) electrons.